The molecule has 7 heteroatoms. The third-order valence-corrected chi connectivity index (χ3v) is 6.62. The number of fused-ring (bicyclic) bond motifs is 2. The lowest BCUT2D eigenvalue weighted by atomic mass is 10.0. The molecule has 1 aliphatic heterocycles. The molecule has 0 spiro atoms. The quantitative estimate of drug-likeness (QED) is 0.635. The number of piperidine rings is 1. The largest absolute Gasteiger partial charge is 0.335 e. The molecule has 2 atom stereocenters. The molecule has 3 aromatic rings. The zero-order valence-corrected chi connectivity index (χ0v) is 16.5. The summed E-state index contributed by atoms with van der Waals surface area (Å²) in [7, 11) is 0. The maximum absolute atomic E-state index is 13.3. The summed E-state index contributed by atoms with van der Waals surface area (Å²) in [5, 5.41) is 11.5. The van der Waals surface area contributed by atoms with Crippen molar-refractivity contribution >= 4 is 17.7 Å². The summed E-state index contributed by atoms with van der Waals surface area (Å²) in [5.41, 5.74) is 3.56. The van der Waals surface area contributed by atoms with Gasteiger partial charge in [0.2, 0.25) is 0 Å². The minimum absolute atomic E-state index is 0.115. The topological polar surface area (TPSA) is 63.9 Å². The molecule has 1 saturated heterocycles. The Morgan fingerprint density at radius 1 is 1.11 bits per heavy atom. The van der Waals surface area contributed by atoms with Gasteiger partial charge >= 0.3 is 0 Å². The van der Waals surface area contributed by atoms with Crippen molar-refractivity contribution in [2.75, 3.05) is 12.8 Å². The highest BCUT2D eigenvalue weighted by molar-refractivity contribution is 7.98. The van der Waals surface area contributed by atoms with Crippen LogP contribution in [0, 0.1) is 5.92 Å². The first-order valence-electron chi connectivity index (χ1n) is 9.55. The Balaban J connectivity index is 1.56. The fourth-order valence-corrected chi connectivity index (χ4v) is 4.84. The summed E-state index contributed by atoms with van der Waals surface area (Å²) in [6.07, 6.45) is 7.16. The van der Waals surface area contributed by atoms with E-state index in [1.165, 1.54) is 11.3 Å². The van der Waals surface area contributed by atoms with E-state index in [0.29, 0.717) is 17.5 Å². The maximum atomic E-state index is 13.3. The Kier molecular flexibility index (Phi) is 4.39. The summed E-state index contributed by atoms with van der Waals surface area (Å²) in [6.45, 7) is 0.885. The van der Waals surface area contributed by atoms with E-state index in [0.717, 1.165) is 36.2 Å². The van der Waals surface area contributed by atoms with E-state index in [2.05, 4.69) is 50.9 Å². The summed E-state index contributed by atoms with van der Waals surface area (Å²) in [6, 6.07) is 14.7. The van der Waals surface area contributed by atoms with E-state index in [4.69, 9.17) is 0 Å². The van der Waals surface area contributed by atoms with Crippen molar-refractivity contribution in [2.24, 2.45) is 5.92 Å². The van der Waals surface area contributed by atoms with Crippen molar-refractivity contribution in [3.8, 4) is 16.8 Å². The first-order valence-corrected chi connectivity index (χ1v) is 10.8. The van der Waals surface area contributed by atoms with E-state index in [1.807, 2.05) is 18.2 Å². The van der Waals surface area contributed by atoms with Crippen molar-refractivity contribution in [1.29, 1.82) is 0 Å². The van der Waals surface area contributed by atoms with E-state index < -0.39 is 0 Å². The van der Waals surface area contributed by atoms with E-state index in [9.17, 15) is 4.79 Å². The minimum atomic E-state index is 0.115. The van der Waals surface area contributed by atoms with Gasteiger partial charge in [-0.05, 0) is 83.3 Å². The normalized spacial score (nSPS) is 20.7. The Labute approximate surface area is 167 Å². The number of benzene rings is 2. The van der Waals surface area contributed by atoms with Crippen LogP contribution >= 0.6 is 11.8 Å². The molecule has 1 amide bonds. The van der Waals surface area contributed by atoms with E-state index in [-0.39, 0.29) is 5.91 Å². The van der Waals surface area contributed by atoms with Gasteiger partial charge in [0.25, 0.3) is 5.91 Å². The fraction of sp³-hybridized carbons (Fsp3) is 0.333. The monoisotopic (exact) mass is 391 g/mol. The molecule has 0 N–H and O–H groups in total. The first kappa shape index (κ1) is 17.4. The number of hydrogen-bond acceptors (Lipinski definition) is 5. The van der Waals surface area contributed by atoms with Crippen LogP contribution in [0.15, 0.2) is 53.7 Å². The molecule has 28 heavy (non-hydrogen) atoms. The third-order valence-electron chi connectivity index (χ3n) is 5.87. The molecule has 1 saturated carbocycles. The smallest absolute Gasteiger partial charge is 0.254 e. The molecule has 2 aliphatic rings. The molecular weight excluding hydrogens is 370 g/mol. The van der Waals surface area contributed by atoms with Crippen molar-refractivity contribution in [3.05, 3.63) is 54.4 Å². The summed E-state index contributed by atoms with van der Waals surface area (Å²) in [5.74, 6) is 0.791. The summed E-state index contributed by atoms with van der Waals surface area (Å²) < 4.78 is 1.60. The lowest BCUT2D eigenvalue weighted by Gasteiger charge is -2.27. The van der Waals surface area contributed by atoms with Gasteiger partial charge in [-0.3, -0.25) is 4.79 Å². The molecule has 0 unspecified atom stereocenters. The summed E-state index contributed by atoms with van der Waals surface area (Å²) >= 11 is 1.71. The van der Waals surface area contributed by atoms with Gasteiger partial charge in [0.15, 0.2) is 0 Å². The Morgan fingerprint density at radius 2 is 1.96 bits per heavy atom. The lowest BCUT2D eigenvalue weighted by Crippen LogP contribution is -2.37. The van der Waals surface area contributed by atoms with Gasteiger partial charge in [-0.1, -0.05) is 12.1 Å². The Bertz CT molecular complexity index is 1000. The number of carbonyl (C=O) groups excluding carboxylic acids is 1. The molecule has 0 radical (unpaired) electrons. The molecule has 2 bridgehead atoms. The van der Waals surface area contributed by atoms with E-state index in [1.54, 1.807) is 22.8 Å². The number of rotatable bonds is 4. The molecule has 5 rings (SSSR count). The number of thioether (sulfide) groups is 1. The van der Waals surface area contributed by atoms with Gasteiger partial charge in [-0.25, -0.2) is 4.68 Å². The van der Waals surface area contributed by atoms with Crippen LogP contribution in [0.3, 0.4) is 0 Å². The highest BCUT2D eigenvalue weighted by Gasteiger charge is 2.40. The average Bonchev–Trinajstić information content (AvgIpc) is 3.51. The highest BCUT2D eigenvalue weighted by atomic mass is 32.2. The lowest BCUT2D eigenvalue weighted by molar-refractivity contribution is 0.0703. The second kappa shape index (κ2) is 7.05. The van der Waals surface area contributed by atoms with Crippen LogP contribution in [-0.2, 0) is 0 Å². The number of amides is 1. The standard InChI is InChI=1S/C21H21N5OS/c1-28-20-6-3-15(4-7-20)16-9-17(11-19(10-16)26-13-22-23-24-26)21(27)25-12-14-2-5-18(25)8-14/h3-4,6-7,9-11,13-14,18H,2,5,8,12H2,1H3/t14-,18-/m0/s1. The van der Waals surface area contributed by atoms with Crippen LogP contribution in [0.5, 0.6) is 0 Å². The number of hydrogen-bond donors (Lipinski definition) is 0. The van der Waals surface area contributed by atoms with Crippen LogP contribution in [0.25, 0.3) is 16.8 Å². The minimum Gasteiger partial charge on any atom is -0.335 e. The molecule has 2 aromatic carbocycles. The zero-order valence-electron chi connectivity index (χ0n) is 15.7. The molecule has 2 fully saturated rings. The van der Waals surface area contributed by atoms with Crippen molar-refractivity contribution in [2.45, 2.75) is 30.2 Å². The molecule has 1 aliphatic carbocycles. The number of tetrazole rings is 1. The highest BCUT2D eigenvalue weighted by Crippen LogP contribution is 2.38. The van der Waals surface area contributed by atoms with Crippen LogP contribution in [-0.4, -0.2) is 49.9 Å². The zero-order chi connectivity index (χ0) is 19.1. The number of likely N-dealkylation sites (tertiary alicyclic amines) is 1. The predicted molar refractivity (Wildman–Crippen MR) is 109 cm³/mol. The van der Waals surface area contributed by atoms with Crippen molar-refractivity contribution in [1.82, 2.24) is 25.1 Å². The molecule has 1 aromatic heterocycles. The van der Waals surface area contributed by atoms with Gasteiger partial charge in [-0.15, -0.1) is 16.9 Å². The predicted octanol–water partition coefficient (Wildman–Crippen LogP) is 3.68. The SMILES string of the molecule is CSc1ccc(-c2cc(C(=O)N3C[C@H]4CC[C@H]3C4)cc(-n3cnnn3)c2)cc1. The second-order valence-corrected chi connectivity index (χ2v) is 8.42. The Hall–Kier alpha value is -2.67. The first-order chi connectivity index (χ1) is 13.7. The van der Waals surface area contributed by atoms with Gasteiger partial charge in [0, 0.05) is 23.0 Å². The number of nitrogens with zero attached hydrogens (tertiary/aromatic N) is 5. The number of aromatic nitrogens is 4. The molecular formula is C21H21N5OS. The van der Waals surface area contributed by atoms with Crippen LogP contribution in [0.4, 0.5) is 0 Å². The molecule has 2 heterocycles. The van der Waals surface area contributed by atoms with Crippen LogP contribution < -0.4 is 0 Å². The third kappa shape index (κ3) is 3.09. The van der Waals surface area contributed by atoms with Crippen LogP contribution in [0.2, 0.25) is 0 Å². The summed E-state index contributed by atoms with van der Waals surface area (Å²) in [4.78, 5) is 16.6. The number of carbonyl (C=O) groups is 1. The molecule has 6 nitrogen and oxygen atoms in total. The van der Waals surface area contributed by atoms with Gasteiger partial charge in [0.1, 0.15) is 6.33 Å². The van der Waals surface area contributed by atoms with Crippen molar-refractivity contribution in [3.63, 3.8) is 0 Å². The van der Waals surface area contributed by atoms with Gasteiger partial charge in [-0.2, -0.15) is 0 Å². The van der Waals surface area contributed by atoms with Crippen molar-refractivity contribution < 1.29 is 4.79 Å². The second-order valence-electron chi connectivity index (χ2n) is 7.54. The Morgan fingerprint density at radius 3 is 2.61 bits per heavy atom. The van der Waals surface area contributed by atoms with E-state index >= 15 is 0 Å². The maximum Gasteiger partial charge on any atom is 0.254 e. The van der Waals surface area contributed by atoms with Gasteiger partial charge < -0.3 is 4.90 Å². The molecule has 142 valence electrons. The average molecular weight is 392 g/mol. The van der Waals surface area contributed by atoms with Gasteiger partial charge in [0.05, 0.1) is 5.69 Å². The van der Waals surface area contributed by atoms with Crippen LogP contribution in [0.1, 0.15) is 29.6 Å². The fourth-order valence-electron chi connectivity index (χ4n) is 4.44.